The van der Waals surface area contributed by atoms with Gasteiger partial charge in [0, 0.05) is 49.9 Å². The van der Waals surface area contributed by atoms with Gasteiger partial charge in [-0.3, -0.25) is 9.59 Å². The minimum atomic E-state index is -1.59. The first-order valence-electron chi connectivity index (χ1n) is 10.5. The molecule has 0 atom stereocenters. The molecule has 0 aliphatic carbocycles. The van der Waals surface area contributed by atoms with Gasteiger partial charge in [0.25, 0.3) is 5.91 Å². The summed E-state index contributed by atoms with van der Waals surface area (Å²) >= 11 is 0. The van der Waals surface area contributed by atoms with E-state index >= 15 is 0 Å². The summed E-state index contributed by atoms with van der Waals surface area (Å²) in [6.07, 6.45) is 1.24. The maximum atomic E-state index is 15.0. The zero-order chi connectivity index (χ0) is 23.0. The van der Waals surface area contributed by atoms with Gasteiger partial charge in [-0.1, -0.05) is 17.7 Å². The van der Waals surface area contributed by atoms with E-state index in [1.165, 1.54) is 6.20 Å². The van der Waals surface area contributed by atoms with Crippen LogP contribution in [0.1, 0.15) is 33.2 Å². The Morgan fingerprint density at radius 1 is 1.06 bits per heavy atom. The summed E-state index contributed by atoms with van der Waals surface area (Å²) in [7, 11) is 0. The molecule has 1 aliphatic rings. The van der Waals surface area contributed by atoms with E-state index < -0.39 is 22.8 Å². The van der Waals surface area contributed by atoms with Gasteiger partial charge in [0.15, 0.2) is 5.43 Å². The first kappa shape index (κ1) is 21.5. The smallest absolute Gasteiger partial charge is 0.253 e. The number of nitrogens with zero attached hydrogens (tertiary/aromatic N) is 3. The molecule has 1 saturated heterocycles. The number of halogens is 1. The molecule has 3 aromatic rings. The van der Waals surface area contributed by atoms with E-state index in [1.54, 1.807) is 27.7 Å². The molecule has 4 rings (SSSR count). The molecule has 1 fully saturated rings. The van der Waals surface area contributed by atoms with Crippen molar-refractivity contribution in [3.63, 3.8) is 0 Å². The number of carbonyl (C=O) groups is 2. The molecule has 0 N–H and O–H groups in total. The third kappa shape index (κ3) is 3.84. The summed E-state index contributed by atoms with van der Waals surface area (Å²) < 4.78 is 16.6. The molecule has 1 aromatic heterocycles. The van der Waals surface area contributed by atoms with Gasteiger partial charge >= 0.3 is 0 Å². The number of carboxylic acid groups (broad SMARTS) is 1. The Kier molecular flexibility index (Phi) is 5.69. The molecule has 32 heavy (non-hydrogen) atoms. The summed E-state index contributed by atoms with van der Waals surface area (Å²) in [6.45, 7) is 5.93. The predicted molar refractivity (Wildman–Crippen MR) is 117 cm³/mol. The van der Waals surface area contributed by atoms with E-state index in [1.807, 2.05) is 30.9 Å². The largest absolute Gasteiger partial charge is 0.545 e. The molecule has 0 bridgehead atoms. The third-order valence-electron chi connectivity index (χ3n) is 5.92. The van der Waals surface area contributed by atoms with Crippen molar-refractivity contribution in [2.24, 2.45) is 0 Å². The fraction of sp³-hybridized carbons (Fsp3) is 0.292. The Bertz CT molecular complexity index is 1260. The van der Waals surface area contributed by atoms with Crippen LogP contribution >= 0.6 is 0 Å². The van der Waals surface area contributed by atoms with Crippen molar-refractivity contribution in [3.05, 3.63) is 75.3 Å². The quantitative estimate of drug-likeness (QED) is 0.623. The number of fused-ring (bicyclic) bond motifs is 1. The summed E-state index contributed by atoms with van der Waals surface area (Å²) in [4.78, 5) is 40.1. The van der Waals surface area contributed by atoms with Gasteiger partial charge in [0.05, 0.1) is 22.7 Å². The van der Waals surface area contributed by atoms with Gasteiger partial charge < -0.3 is 24.3 Å². The lowest BCUT2D eigenvalue weighted by Crippen LogP contribution is -2.49. The predicted octanol–water partition coefficient (Wildman–Crippen LogP) is 1.79. The maximum Gasteiger partial charge on any atom is 0.253 e. The van der Waals surface area contributed by atoms with E-state index in [2.05, 4.69) is 0 Å². The van der Waals surface area contributed by atoms with E-state index in [4.69, 9.17) is 0 Å². The standard InChI is InChI=1S/C24H24FN3O4/c1-3-26-14-18(24(31)32)22(29)17-12-19(25)21(13-20(17)26)27-8-10-28(11-9-27)23(30)16-6-4-15(2)5-7-16/h4-7,12-14H,3,8-11H2,1-2H3,(H,31,32)/p-1. The number of carboxylic acids is 1. The van der Waals surface area contributed by atoms with Gasteiger partial charge in [-0.05, 0) is 38.1 Å². The number of rotatable bonds is 4. The Balaban J connectivity index is 1.61. The minimum absolute atomic E-state index is 0.00276. The Morgan fingerprint density at radius 3 is 2.31 bits per heavy atom. The molecule has 2 heterocycles. The number of benzene rings is 2. The van der Waals surface area contributed by atoms with E-state index in [0.717, 1.165) is 11.6 Å². The van der Waals surface area contributed by atoms with Crippen LogP contribution in [0.2, 0.25) is 0 Å². The van der Waals surface area contributed by atoms with Crippen LogP contribution < -0.4 is 15.4 Å². The molecule has 0 saturated carbocycles. The van der Waals surface area contributed by atoms with Crippen molar-refractivity contribution >= 4 is 28.5 Å². The van der Waals surface area contributed by atoms with Crippen molar-refractivity contribution in [1.29, 1.82) is 0 Å². The van der Waals surface area contributed by atoms with Crippen LogP contribution in [0.5, 0.6) is 0 Å². The number of aryl methyl sites for hydroxylation is 2. The average Bonchev–Trinajstić information content (AvgIpc) is 2.79. The average molecular weight is 436 g/mol. The second-order valence-electron chi connectivity index (χ2n) is 7.91. The molecule has 0 unspecified atom stereocenters. The molecule has 1 aliphatic heterocycles. The van der Waals surface area contributed by atoms with Crippen molar-refractivity contribution in [3.8, 4) is 0 Å². The molecule has 0 radical (unpaired) electrons. The zero-order valence-electron chi connectivity index (χ0n) is 17.9. The highest BCUT2D eigenvalue weighted by Gasteiger charge is 2.24. The Morgan fingerprint density at radius 2 is 1.72 bits per heavy atom. The second kappa shape index (κ2) is 8.45. The zero-order valence-corrected chi connectivity index (χ0v) is 17.9. The normalized spacial score (nSPS) is 14.1. The molecule has 0 spiro atoms. The van der Waals surface area contributed by atoms with Crippen LogP contribution in [-0.4, -0.2) is 47.5 Å². The number of anilines is 1. The van der Waals surface area contributed by atoms with Crippen molar-refractivity contribution < 1.29 is 19.1 Å². The summed E-state index contributed by atoms with van der Waals surface area (Å²) in [5.74, 6) is -2.25. The lowest BCUT2D eigenvalue weighted by atomic mass is 10.1. The molecular weight excluding hydrogens is 413 g/mol. The first-order chi connectivity index (χ1) is 15.3. The molecule has 1 amide bonds. The maximum absolute atomic E-state index is 15.0. The number of carbonyl (C=O) groups excluding carboxylic acids is 2. The van der Waals surface area contributed by atoms with Gasteiger partial charge in [0.2, 0.25) is 0 Å². The highest BCUT2D eigenvalue weighted by molar-refractivity contribution is 5.95. The molecular formula is C24H23FN3O4-. The molecule has 8 heteroatoms. The van der Waals surface area contributed by atoms with Crippen molar-refractivity contribution in [1.82, 2.24) is 9.47 Å². The van der Waals surface area contributed by atoms with Gasteiger partial charge in [-0.2, -0.15) is 0 Å². The number of amides is 1. The highest BCUT2D eigenvalue weighted by Crippen LogP contribution is 2.26. The van der Waals surface area contributed by atoms with Crippen molar-refractivity contribution in [2.75, 3.05) is 31.1 Å². The summed E-state index contributed by atoms with van der Waals surface area (Å²) in [5, 5.41) is 11.3. The number of hydrogen-bond acceptors (Lipinski definition) is 5. The van der Waals surface area contributed by atoms with Crippen LogP contribution in [0.15, 0.2) is 47.4 Å². The Hall–Kier alpha value is -3.68. The van der Waals surface area contributed by atoms with Crippen molar-refractivity contribution in [2.45, 2.75) is 20.4 Å². The monoisotopic (exact) mass is 436 g/mol. The Labute approximate surface area is 184 Å². The van der Waals surface area contributed by atoms with E-state index in [-0.39, 0.29) is 11.3 Å². The lowest BCUT2D eigenvalue weighted by Gasteiger charge is -2.36. The fourth-order valence-electron chi connectivity index (χ4n) is 4.08. The highest BCUT2D eigenvalue weighted by atomic mass is 19.1. The molecule has 2 aromatic carbocycles. The van der Waals surface area contributed by atoms with E-state index in [9.17, 15) is 23.9 Å². The lowest BCUT2D eigenvalue weighted by molar-refractivity contribution is -0.255. The van der Waals surface area contributed by atoms with Gasteiger partial charge in [-0.25, -0.2) is 4.39 Å². The van der Waals surface area contributed by atoms with E-state index in [0.29, 0.717) is 49.5 Å². The van der Waals surface area contributed by atoms with Crippen LogP contribution in [-0.2, 0) is 6.54 Å². The SMILES string of the molecule is CCn1cc(C(=O)[O-])c(=O)c2cc(F)c(N3CCN(C(=O)c4ccc(C)cc4)CC3)cc21. The number of piperazine rings is 1. The third-order valence-corrected chi connectivity index (χ3v) is 5.92. The number of aromatic carboxylic acids is 1. The van der Waals surface area contributed by atoms with Crippen LogP contribution in [0, 0.1) is 12.7 Å². The van der Waals surface area contributed by atoms with Gasteiger partial charge in [-0.15, -0.1) is 0 Å². The molecule has 7 nitrogen and oxygen atoms in total. The van der Waals surface area contributed by atoms with Crippen LogP contribution in [0.4, 0.5) is 10.1 Å². The topological polar surface area (TPSA) is 85.7 Å². The molecule has 166 valence electrons. The number of aromatic nitrogens is 1. The van der Waals surface area contributed by atoms with Crippen LogP contribution in [0.25, 0.3) is 10.9 Å². The van der Waals surface area contributed by atoms with Crippen LogP contribution in [0.3, 0.4) is 0 Å². The fourth-order valence-corrected chi connectivity index (χ4v) is 4.08. The summed E-state index contributed by atoms with van der Waals surface area (Å²) in [5.41, 5.74) is 1.23. The minimum Gasteiger partial charge on any atom is -0.545 e. The summed E-state index contributed by atoms with van der Waals surface area (Å²) in [6, 6.07) is 10.1. The first-order valence-corrected chi connectivity index (χ1v) is 10.5. The number of pyridine rings is 1. The van der Waals surface area contributed by atoms with Gasteiger partial charge in [0.1, 0.15) is 5.82 Å². The number of hydrogen-bond donors (Lipinski definition) is 0. The second-order valence-corrected chi connectivity index (χ2v) is 7.91.